The summed E-state index contributed by atoms with van der Waals surface area (Å²) in [5.41, 5.74) is 5.54. The molecular formula is C13H25NO2. The molecule has 0 aliphatic heterocycles. The van der Waals surface area contributed by atoms with Crippen molar-refractivity contribution >= 4 is 5.97 Å². The van der Waals surface area contributed by atoms with Crippen molar-refractivity contribution in [1.29, 1.82) is 0 Å². The normalized spacial score (nSPS) is 31.8. The van der Waals surface area contributed by atoms with Crippen LogP contribution in [-0.2, 0) is 9.53 Å². The molecule has 3 heteroatoms. The second-order valence-corrected chi connectivity index (χ2v) is 5.76. The molecule has 1 saturated carbocycles. The molecule has 3 atom stereocenters. The molecule has 1 aliphatic carbocycles. The van der Waals surface area contributed by atoms with Gasteiger partial charge in [0.15, 0.2) is 0 Å². The molecule has 0 amide bonds. The van der Waals surface area contributed by atoms with Gasteiger partial charge in [-0.15, -0.1) is 0 Å². The van der Waals surface area contributed by atoms with E-state index >= 15 is 0 Å². The van der Waals surface area contributed by atoms with Crippen molar-refractivity contribution in [2.45, 2.75) is 65.5 Å². The van der Waals surface area contributed by atoms with Crippen LogP contribution in [0, 0.1) is 11.3 Å². The van der Waals surface area contributed by atoms with Crippen LogP contribution < -0.4 is 5.73 Å². The molecule has 1 rings (SSSR count). The number of nitrogens with two attached hydrogens (primary N) is 1. The molecule has 0 aromatic rings. The molecule has 0 radical (unpaired) electrons. The van der Waals surface area contributed by atoms with Crippen molar-refractivity contribution in [2.24, 2.45) is 17.1 Å². The van der Waals surface area contributed by atoms with E-state index < -0.39 is 5.41 Å². The topological polar surface area (TPSA) is 52.3 Å². The van der Waals surface area contributed by atoms with Crippen molar-refractivity contribution in [3.05, 3.63) is 0 Å². The Morgan fingerprint density at radius 1 is 1.50 bits per heavy atom. The van der Waals surface area contributed by atoms with Gasteiger partial charge in [-0.3, -0.25) is 4.79 Å². The molecule has 0 aromatic heterocycles. The Morgan fingerprint density at radius 2 is 2.12 bits per heavy atom. The Morgan fingerprint density at radius 3 is 2.56 bits per heavy atom. The van der Waals surface area contributed by atoms with Gasteiger partial charge in [-0.25, -0.2) is 0 Å². The number of carbonyl (C=O) groups excluding carboxylic acids is 1. The van der Waals surface area contributed by atoms with Gasteiger partial charge < -0.3 is 10.5 Å². The number of carbonyl (C=O) groups is 1. The quantitative estimate of drug-likeness (QED) is 0.751. The minimum atomic E-state index is -0.453. The summed E-state index contributed by atoms with van der Waals surface area (Å²) in [5, 5.41) is 0. The van der Waals surface area contributed by atoms with Crippen LogP contribution in [0.3, 0.4) is 0 Å². The largest absolute Gasteiger partial charge is 0.462 e. The molecule has 3 unspecified atom stereocenters. The van der Waals surface area contributed by atoms with E-state index in [9.17, 15) is 4.79 Å². The predicted molar refractivity (Wildman–Crippen MR) is 64.9 cm³/mol. The van der Waals surface area contributed by atoms with Crippen LogP contribution in [0.4, 0.5) is 0 Å². The Balaban J connectivity index is 2.51. The van der Waals surface area contributed by atoms with Crippen molar-refractivity contribution in [3.8, 4) is 0 Å². The van der Waals surface area contributed by atoms with E-state index in [4.69, 9.17) is 10.5 Å². The summed E-state index contributed by atoms with van der Waals surface area (Å²) >= 11 is 0. The number of ether oxygens (including phenoxy) is 1. The van der Waals surface area contributed by atoms with E-state index in [0.717, 1.165) is 25.7 Å². The number of rotatable bonds is 4. The van der Waals surface area contributed by atoms with Crippen LogP contribution in [0.1, 0.15) is 53.4 Å². The molecule has 94 valence electrons. The van der Waals surface area contributed by atoms with Gasteiger partial charge in [0.1, 0.15) is 0 Å². The first kappa shape index (κ1) is 13.5. The molecule has 0 saturated heterocycles. The zero-order chi connectivity index (χ0) is 12.3. The summed E-state index contributed by atoms with van der Waals surface area (Å²) in [5.74, 6) is 0.443. The standard InChI is InChI=1S/C13H25NO2/c1-9(2)8-10(3)16-12(15)13(4)7-5-6-11(13)14/h9-11H,5-8,14H2,1-4H3. The van der Waals surface area contributed by atoms with Crippen LogP contribution in [0.25, 0.3) is 0 Å². The van der Waals surface area contributed by atoms with Crippen LogP contribution in [0.5, 0.6) is 0 Å². The monoisotopic (exact) mass is 227 g/mol. The molecule has 16 heavy (non-hydrogen) atoms. The van der Waals surface area contributed by atoms with Gasteiger partial charge in [0.2, 0.25) is 0 Å². The number of hydrogen-bond donors (Lipinski definition) is 1. The first-order chi connectivity index (χ1) is 7.36. The van der Waals surface area contributed by atoms with E-state index in [-0.39, 0.29) is 18.1 Å². The molecule has 3 nitrogen and oxygen atoms in total. The molecular weight excluding hydrogens is 202 g/mol. The summed E-state index contributed by atoms with van der Waals surface area (Å²) in [6.07, 6.45) is 3.74. The van der Waals surface area contributed by atoms with Gasteiger partial charge in [0, 0.05) is 6.04 Å². The molecule has 1 aliphatic rings. The average Bonchev–Trinajstić information content (AvgIpc) is 2.46. The SMILES string of the molecule is CC(C)CC(C)OC(=O)C1(C)CCCC1N. The zero-order valence-corrected chi connectivity index (χ0v) is 11.0. The number of esters is 1. The molecule has 0 bridgehead atoms. The van der Waals surface area contributed by atoms with E-state index in [0.29, 0.717) is 5.92 Å². The van der Waals surface area contributed by atoms with E-state index in [1.807, 2.05) is 13.8 Å². The van der Waals surface area contributed by atoms with Gasteiger partial charge in [0.25, 0.3) is 0 Å². The van der Waals surface area contributed by atoms with Gasteiger partial charge in [0.05, 0.1) is 11.5 Å². The lowest BCUT2D eigenvalue weighted by molar-refractivity contribution is -0.160. The summed E-state index contributed by atoms with van der Waals surface area (Å²) in [4.78, 5) is 12.1. The highest BCUT2D eigenvalue weighted by atomic mass is 16.5. The van der Waals surface area contributed by atoms with Crippen LogP contribution in [0.2, 0.25) is 0 Å². The van der Waals surface area contributed by atoms with Crippen molar-refractivity contribution < 1.29 is 9.53 Å². The molecule has 0 aromatic carbocycles. The Bertz CT molecular complexity index is 252. The highest BCUT2D eigenvalue weighted by Gasteiger charge is 2.44. The maximum absolute atomic E-state index is 12.1. The first-order valence-electron chi connectivity index (χ1n) is 6.33. The fraction of sp³-hybridized carbons (Fsp3) is 0.923. The van der Waals surface area contributed by atoms with Gasteiger partial charge >= 0.3 is 5.97 Å². The van der Waals surface area contributed by atoms with E-state index in [1.54, 1.807) is 0 Å². The lowest BCUT2D eigenvalue weighted by Crippen LogP contribution is -2.43. The minimum Gasteiger partial charge on any atom is -0.462 e. The third-order valence-corrected chi connectivity index (χ3v) is 3.61. The second kappa shape index (κ2) is 5.17. The summed E-state index contributed by atoms with van der Waals surface area (Å²) in [6.45, 7) is 8.16. The minimum absolute atomic E-state index is 0.00266. The van der Waals surface area contributed by atoms with Gasteiger partial charge in [-0.1, -0.05) is 20.3 Å². The molecule has 2 N–H and O–H groups in total. The Hall–Kier alpha value is -0.570. The second-order valence-electron chi connectivity index (χ2n) is 5.76. The fourth-order valence-corrected chi connectivity index (χ4v) is 2.48. The predicted octanol–water partition coefficient (Wildman–Crippen LogP) is 2.48. The lowest BCUT2D eigenvalue weighted by Gasteiger charge is -2.28. The third-order valence-electron chi connectivity index (χ3n) is 3.61. The lowest BCUT2D eigenvalue weighted by atomic mass is 9.85. The first-order valence-corrected chi connectivity index (χ1v) is 6.33. The molecule has 1 fully saturated rings. The number of hydrogen-bond acceptors (Lipinski definition) is 3. The van der Waals surface area contributed by atoms with Crippen LogP contribution >= 0.6 is 0 Å². The van der Waals surface area contributed by atoms with E-state index in [1.165, 1.54) is 0 Å². The Kier molecular flexibility index (Phi) is 4.36. The van der Waals surface area contributed by atoms with E-state index in [2.05, 4.69) is 13.8 Å². The zero-order valence-electron chi connectivity index (χ0n) is 11.0. The van der Waals surface area contributed by atoms with Crippen LogP contribution in [0.15, 0.2) is 0 Å². The van der Waals surface area contributed by atoms with Crippen molar-refractivity contribution in [1.82, 2.24) is 0 Å². The fourth-order valence-electron chi connectivity index (χ4n) is 2.48. The third kappa shape index (κ3) is 2.97. The average molecular weight is 227 g/mol. The van der Waals surface area contributed by atoms with Crippen LogP contribution in [-0.4, -0.2) is 18.1 Å². The summed E-state index contributed by atoms with van der Waals surface area (Å²) in [6, 6.07) is -0.0359. The maximum Gasteiger partial charge on any atom is 0.313 e. The van der Waals surface area contributed by atoms with Gasteiger partial charge in [-0.05, 0) is 39.0 Å². The molecule has 0 heterocycles. The smallest absolute Gasteiger partial charge is 0.313 e. The van der Waals surface area contributed by atoms with Gasteiger partial charge in [-0.2, -0.15) is 0 Å². The summed E-state index contributed by atoms with van der Waals surface area (Å²) < 4.78 is 5.50. The Labute approximate surface area is 98.7 Å². The maximum atomic E-state index is 12.1. The molecule has 0 spiro atoms. The van der Waals surface area contributed by atoms with Crippen molar-refractivity contribution in [2.75, 3.05) is 0 Å². The highest BCUT2D eigenvalue weighted by molar-refractivity contribution is 5.78. The highest BCUT2D eigenvalue weighted by Crippen LogP contribution is 2.38. The van der Waals surface area contributed by atoms with Crippen molar-refractivity contribution in [3.63, 3.8) is 0 Å². The summed E-state index contributed by atoms with van der Waals surface area (Å²) in [7, 11) is 0.